The van der Waals surface area contributed by atoms with Crippen molar-refractivity contribution in [2.75, 3.05) is 18.5 Å². The lowest BCUT2D eigenvalue weighted by Gasteiger charge is -2.10. The second-order valence-corrected chi connectivity index (χ2v) is 5.85. The third kappa shape index (κ3) is 4.54. The van der Waals surface area contributed by atoms with Crippen LogP contribution in [0.3, 0.4) is 0 Å². The Labute approximate surface area is 149 Å². The van der Waals surface area contributed by atoms with E-state index in [1.807, 2.05) is 36.6 Å². The van der Waals surface area contributed by atoms with Crippen LogP contribution < -0.4 is 14.8 Å². The molecular weight excluding hydrogens is 338 g/mol. The number of nitrogens with zero attached hydrogens (tertiary/aromatic N) is 2. The lowest BCUT2D eigenvalue weighted by Crippen LogP contribution is -2.20. The van der Waals surface area contributed by atoms with E-state index in [2.05, 4.69) is 15.3 Å². The average Bonchev–Trinajstić information content (AvgIpc) is 3.10. The summed E-state index contributed by atoms with van der Waals surface area (Å²) < 4.78 is 11.0. The number of nitrogens with one attached hydrogen (secondary N) is 1. The smallest absolute Gasteiger partial charge is 0.264 e. The van der Waals surface area contributed by atoms with Gasteiger partial charge in [-0.1, -0.05) is 12.1 Å². The molecule has 0 bridgehead atoms. The number of ether oxygens (including phenoxy) is 2. The van der Waals surface area contributed by atoms with E-state index < -0.39 is 0 Å². The topological polar surface area (TPSA) is 73.3 Å². The molecule has 0 aliphatic rings. The Kier molecular flexibility index (Phi) is 5.58. The Balaban J connectivity index is 1.58. The molecule has 0 radical (unpaired) electrons. The van der Waals surface area contributed by atoms with Crippen LogP contribution in [0.4, 0.5) is 5.13 Å². The summed E-state index contributed by atoms with van der Waals surface area (Å²) in [6, 6.07) is 11.0. The van der Waals surface area contributed by atoms with E-state index in [1.165, 1.54) is 11.3 Å². The highest BCUT2D eigenvalue weighted by Crippen LogP contribution is 2.27. The van der Waals surface area contributed by atoms with Crippen LogP contribution in [0.25, 0.3) is 11.3 Å². The number of thiazole rings is 1. The van der Waals surface area contributed by atoms with Crippen molar-refractivity contribution in [1.29, 1.82) is 0 Å². The second-order valence-electron chi connectivity index (χ2n) is 5.00. The van der Waals surface area contributed by atoms with E-state index in [9.17, 15) is 4.79 Å². The molecule has 0 fully saturated rings. The first-order valence-corrected chi connectivity index (χ1v) is 8.64. The molecular formula is C18H17N3O3S. The molecule has 0 spiro atoms. The molecule has 1 N–H and O–H groups in total. The maximum absolute atomic E-state index is 12.1. The SMILES string of the molecule is CCOc1ccccc1OCC(=O)Nc1nc(-c2cccnc2)cs1. The highest BCUT2D eigenvalue weighted by molar-refractivity contribution is 7.14. The van der Waals surface area contributed by atoms with Crippen LogP contribution in [-0.4, -0.2) is 29.1 Å². The predicted octanol–water partition coefficient (Wildman–Crippen LogP) is 3.62. The Morgan fingerprint density at radius 3 is 2.68 bits per heavy atom. The Hall–Kier alpha value is -2.93. The summed E-state index contributed by atoms with van der Waals surface area (Å²) in [5.41, 5.74) is 1.68. The highest BCUT2D eigenvalue weighted by atomic mass is 32.1. The van der Waals surface area contributed by atoms with Crippen LogP contribution in [0.2, 0.25) is 0 Å². The third-order valence-electron chi connectivity index (χ3n) is 3.22. The van der Waals surface area contributed by atoms with E-state index in [1.54, 1.807) is 24.5 Å². The fourth-order valence-corrected chi connectivity index (χ4v) is 2.86. The van der Waals surface area contributed by atoms with E-state index in [0.717, 1.165) is 11.3 Å². The molecule has 3 aromatic rings. The van der Waals surface area contributed by atoms with Crippen molar-refractivity contribution < 1.29 is 14.3 Å². The van der Waals surface area contributed by atoms with Crippen LogP contribution in [0.15, 0.2) is 54.2 Å². The fraction of sp³-hybridized carbons (Fsp3) is 0.167. The molecule has 7 heteroatoms. The molecule has 3 rings (SSSR count). The Morgan fingerprint density at radius 2 is 1.96 bits per heavy atom. The summed E-state index contributed by atoms with van der Waals surface area (Å²) in [5, 5.41) is 5.13. The molecule has 6 nitrogen and oxygen atoms in total. The van der Waals surface area contributed by atoms with Crippen LogP contribution in [0.1, 0.15) is 6.92 Å². The number of hydrogen-bond acceptors (Lipinski definition) is 6. The molecule has 0 unspecified atom stereocenters. The summed E-state index contributed by atoms with van der Waals surface area (Å²) in [7, 11) is 0. The molecule has 0 saturated carbocycles. The number of aromatic nitrogens is 2. The molecule has 1 amide bonds. The molecule has 2 aromatic heterocycles. The average molecular weight is 355 g/mol. The van der Waals surface area contributed by atoms with Crippen LogP contribution in [0, 0.1) is 0 Å². The van der Waals surface area contributed by atoms with Crippen molar-refractivity contribution in [2.45, 2.75) is 6.92 Å². The van der Waals surface area contributed by atoms with E-state index in [-0.39, 0.29) is 12.5 Å². The van der Waals surface area contributed by atoms with Gasteiger partial charge in [-0.3, -0.25) is 15.1 Å². The minimum atomic E-state index is -0.279. The van der Waals surface area contributed by atoms with Gasteiger partial charge in [0, 0.05) is 23.3 Å². The van der Waals surface area contributed by atoms with Gasteiger partial charge in [0.1, 0.15) is 0 Å². The van der Waals surface area contributed by atoms with Gasteiger partial charge >= 0.3 is 0 Å². The van der Waals surface area contributed by atoms with Crippen molar-refractivity contribution in [1.82, 2.24) is 9.97 Å². The van der Waals surface area contributed by atoms with Crippen molar-refractivity contribution in [2.24, 2.45) is 0 Å². The summed E-state index contributed by atoms with van der Waals surface area (Å²) >= 11 is 1.35. The molecule has 0 saturated heterocycles. The predicted molar refractivity (Wildman–Crippen MR) is 97.1 cm³/mol. The van der Waals surface area contributed by atoms with Crippen molar-refractivity contribution in [3.8, 4) is 22.8 Å². The highest BCUT2D eigenvalue weighted by Gasteiger charge is 2.10. The largest absolute Gasteiger partial charge is 0.490 e. The number of anilines is 1. The molecule has 0 aliphatic heterocycles. The lowest BCUT2D eigenvalue weighted by molar-refractivity contribution is -0.118. The molecule has 0 aliphatic carbocycles. The zero-order chi connectivity index (χ0) is 17.5. The summed E-state index contributed by atoms with van der Waals surface area (Å²) in [6.07, 6.45) is 3.43. The normalized spacial score (nSPS) is 10.3. The zero-order valence-corrected chi connectivity index (χ0v) is 14.5. The van der Waals surface area contributed by atoms with Crippen LogP contribution in [-0.2, 0) is 4.79 Å². The molecule has 25 heavy (non-hydrogen) atoms. The minimum Gasteiger partial charge on any atom is -0.490 e. The number of amides is 1. The first-order chi connectivity index (χ1) is 12.3. The van der Waals surface area contributed by atoms with Crippen LogP contribution in [0.5, 0.6) is 11.5 Å². The van der Waals surface area contributed by atoms with Crippen molar-refractivity contribution >= 4 is 22.4 Å². The molecule has 2 heterocycles. The number of carbonyl (C=O) groups excluding carboxylic acids is 1. The van der Waals surface area contributed by atoms with Gasteiger partial charge in [-0.05, 0) is 31.2 Å². The number of para-hydroxylation sites is 2. The third-order valence-corrected chi connectivity index (χ3v) is 3.97. The number of hydrogen-bond donors (Lipinski definition) is 1. The quantitative estimate of drug-likeness (QED) is 0.701. The zero-order valence-electron chi connectivity index (χ0n) is 13.6. The van der Waals surface area contributed by atoms with Crippen LogP contribution >= 0.6 is 11.3 Å². The summed E-state index contributed by atoms with van der Waals surface area (Å²) in [6.45, 7) is 2.31. The Bertz CT molecular complexity index is 836. The molecule has 0 atom stereocenters. The van der Waals surface area contributed by atoms with E-state index in [0.29, 0.717) is 23.2 Å². The minimum absolute atomic E-state index is 0.119. The first-order valence-electron chi connectivity index (χ1n) is 7.76. The Morgan fingerprint density at radius 1 is 1.16 bits per heavy atom. The number of carbonyl (C=O) groups is 1. The van der Waals surface area contributed by atoms with E-state index >= 15 is 0 Å². The fourth-order valence-electron chi connectivity index (χ4n) is 2.12. The standard InChI is InChI=1S/C18H17N3O3S/c1-2-23-15-7-3-4-8-16(15)24-11-17(22)21-18-20-14(12-25-18)13-6-5-9-19-10-13/h3-10,12H,2,11H2,1H3,(H,20,21,22). The lowest BCUT2D eigenvalue weighted by atomic mass is 10.2. The van der Waals surface area contributed by atoms with Gasteiger partial charge in [-0.2, -0.15) is 0 Å². The van der Waals surface area contributed by atoms with Gasteiger partial charge in [0.15, 0.2) is 23.2 Å². The summed E-state index contributed by atoms with van der Waals surface area (Å²) in [4.78, 5) is 20.5. The molecule has 1 aromatic carbocycles. The van der Waals surface area contributed by atoms with Crippen molar-refractivity contribution in [3.05, 3.63) is 54.2 Å². The number of pyridine rings is 1. The van der Waals surface area contributed by atoms with Gasteiger partial charge in [0.2, 0.25) is 0 Å². The van der Waals surface area contributed by atoms with Gasteiger partial charge in [-0.15, -0.1) is 11.3 Å². The van der Waals surface area contributed by atoms with Gasteiger partial charge in [0.05, 0.1) is 12.3 Å². The first kappa shape index (κ1) is 16.9. The summed E-state index contributed by atoms with van der Waals surface area (Å²) in [5.74, 6) is 0.874. The second kappa shape index (κ2) is 8.25. The van der Waals surface area contributed by atoms with Gasteiger partial charge in [-0.25, -0.2) is 4.98 Å². The number of benzene rings is 1. The molecule has 128 valence electrons. The maximum atomic E-state index is 12.1. The number of rotatable bonds is 7. The monoisotopic (exact) mass is 355 g/mol. The van der Waals surface area contributed by atoms with Crippen molar-refractivity contribution in [3.63, 3.8) is 0 Å². The van der Waals surface area contributed by atoms with Gasteiger partial charge in [0.25, 0.3) is 5.91 Å². The van der Waals surface area contributed by atoms with Gasteiger partial charge < -0.3 is 9.47 Å². The van der Waals surface area contributed by atoms with E-state index in [4.69, 9.17) is 9.47 Å². The maximum Gasteiger partial charge on any atom is 0.264 e.